The first-order valence-corrected chi connectivity index (χ1v) is 8.61. The van der Waals surface area contributed by atoms with Crippen molar-refractivity contribution in [3.05, 3.63) is 75.2 Å². The van der Waals surface area contributed by atoms with Gasteiger partial charge in [-0.15, -0.1) is 0 Å². The Bertz CT molecular complexity index is 996. The van der Waals surface area contributed by atoms with Gasteiger partial charge in [-0.2, -0.15) is 0 Å². The van der Waals surface area contributed by atoms with Crippen LogP contribution < -0.4 is 5.32 Å². The molecule has 0 unspecified atom stereocenters. The van der Waals surface area contributed by atoms with E-state index < -0.39 is 11.7 Å². The average molecular weight is 407 g/mol. The number of carbonyl (C=O) groups is 2. The zero-order valence-electron chi connectivity index (χ0n) is 14.1. The lowest BCUT2D eigenvalue weighted by atomic mass is 10.0. The zero-order valence-corrected chi connectivity index (χ0v) is 15.6. The SMILES string of the molecule is Cc1onc(-c2c(F)cccc2Cl)c1C(=O)NCC(=O)c1ccc(Cl)cc1. The maximum atomic E-state index is 14.2. The normalized spacial score (nSPS) is 10.7. The third-order valence-electron chi connectivity index (χ3n) is 3.87. The third kappa shape index (κ3) is 4.02. The highest BCUT2D eigenvalue weighted by atomic mass is 35.5. The number of aromatic nitrogens is 1. The first-order valence-electron chi connectivity index (χ1n) is 7.86. The molecule has 0 saturated heterocycles. The minimum atomic E-state index is -0.637. The second-order valence-electron chi connectivity index (χ2n) is 5.67. The monoisotopic (exact) mass is 406 g/mol. The van der Waals surface area contributed by atoms with Crippen molar-refractivity contribution >= 4 is 34.9 Å². The van der Waals surface area contributed by atoms with E-state index in [1.807, 2.05) is 0 Å². The smallest absolute Gasteiger partial charge is 0.257 e. The van der Waals surface area contributed by atoms with E-state index in [0.717, 1.165) is 0 Å². The average Bonchev–Trinajstić information content (AvgIpc) is 3.01. The van der Waals surface area contributed by atoms with Crippen LogP contribution in [0.25, 0.3) is 11.3 Å². The quantitative estimate of drug-likeness (QED) is 0.622. The topological polar surface area (TPSA) is 72.2 Å². The molecule has 5 nitrogen and oxygen atoms in total. The van der Waals surface area contributed by atoms with Crippen LogP contribution in [0.1, 0.15) is 26.5 Å². The number of rotatable bonds is 5. The van der Waals surface area contributed by atoms with Gasteiger partial charge in [0.15, 0.2) is 5.78 Å². The molecule has 0 radical (unpaired) electrons. The van der Waals surface area contributed by atoms with Crippen LogP contribution in [0.4, 0.5) is 4.39 Å². The highest BCUT2D eigenvalue weighted by Gasteiger charge is 2.25. The molecule has 8 heteroatoms. The molecule has 3 rings (SSSR count). The van der Waals surface area contributed by atoms with Crippen LogP contribution in [-0.4, -0.2) is 23.4 Å². The van der Waals surface area contributed by atoms with Crippen molar-refractivity contribution in [2.24, 2.45) is 0 Å². The summed E-state index contributed by atoms with van der Waals surface area (Å²) in [4.78, 5) is 24.8. The molecule has 1 aromatic heterocycles. The van der Waals surface area contributed by atoms with Gasteiger partial charge in [0.25, 0.3) is 5.91 Å². The van der Waals surface area contributed by atoms with Crippen molar-refractivity contribution in [1.29, 1.82) is 0 Å². The summed E-state index contributed by atoms with van der Waals surface area (Å²) in [5.74, 6) is -1.38. The maximum absolute atomic E-state index is 14.2. The van der Waals surface area contributed by atoms with Crippen molar-refractivity contribution in [3.63, 3.8) is 0 Å². The lowest BCUT2D eigenvalue weighted by Crippen LogP contribution is -2.30. The minimum Gasteiger partial charge on any atom is -0.360 e. The number of carbonyl (C=O) groups excluding carboxylic acids is 2. The number of nitrogens with zero attached hydrogens (tertiary/aromatic N) is 1. The molecule has 1 heterocycles. The Morgan fingerprint density at radius 2 is 1.85 bits per heavy atom. The van der Waals surface area contributed by atoms with Crippen LogP contribution in [-0.2, 0) is 0 Å². The first kappa shape index (κ1) is 19.1. The molecule has 0 aliphatic heterocycles. The largest absolute Gasteiger partial charge is 0.360 e. The molecule has 0 bridgehead atoms. The summed E-state index contributed by atoms with van der Waals surface area (Å²) in [5, 5.41) is 6.86. The van der Waals surface area contributed by atoms with Crippen molar-refractivity contribution in [2.45, 2.75) is 6.92 Å². The van der Waals surface area contributed by atoms with Gasteiger partial charge in [0.05, 0.1) is 17.1 Å². The Kier molecular flexibility index (Phi) is 5.58. The minimum absolute atomic E-state index is 0.0194. The van der Waals surface area contributed by atoms with Gasteiger partial charge < -0.3 is 9.84 Å². The molecule has 0 spiro atoms. The Morgan fingerprint density at radius 3 is 2.52 bits per heavy atom. The van der Waals surface area contributed by atoms with E-state index >= 15 is 0 Å². The standard InChI is InChI=1S/C19H13Cl2FN2O3/c1-10-16(18(24-27-10)17-13(21)3-2-4-14(17)22)19(26)23-9-15(25)11-5-7-12(20)8-6-11/h2-8H,9H2,1H3,(H,23,26). The number of ketones is 1. The Balaban J connectivity index is 1.83. The maximum Gasteiger partial charge on any atom is 0.257 e. The highest BCUT2D eigenvalue weighted by molar-refractivity contribution is 6.33. The zero-order chi connectivity index (χ0) is 19.6. The molecule has 27 heavy (non-hydrogen) atoms. The molecule has 3 aromatic rings. The fraction of sp³-hybridized carbons (Fsp3) is 0.105. The van der Waals surface area contributed by atoms with Gasteiger partial charge in [0.2, 0.25) is 0 Å². The number of aryl methyl sites for hydroxylation is 1. The molecule has 0 aliphatic carbocycles. The van der Waals surface area contributed by atoms with Crippen molar-refractivity contribution < 1.29 is 18.5 Å². The Labute approximate surface area is 164 Å². The van der Waals surface area contributed by atoms with Gasteiger partial charge in [-0.1, -0.05) is 34.4 Å². The van der Waals surface area contributed by atoms with Crippen molar-refractivity contribution in [2.75, 3.05) is 6.54 Å². The van der Waals surface area contributed by atoms with Crippen LogP contribution in [0.15, 0.2) is 47.0 Å². The molecular weight excluding hydrogens is 394 g/mol. The van der Waals surface area contributed by atoms with Crippen molar-refractivity contribution in [3.8, 4) is 11.3 Å². The van der Waals surface area contributed by atoms with E-state index in [-0.39, 0.29) is 39.9 Å². The lowest BCUT2D eigenvalue weighted by molar-refractivity contribution is 0.0903. The number of nitrogens with one attached hydrogen (secondary N) is 1. The number of amides is 1. The van der Waals surface area contributed by atoms with E-state index in [2.05, 4.69) is 10.5 Å². The predicted molar refractivity (Wildman–Crippen MR) is 99.8 cm³/mol. The van der Waals surface area contributed by atoms with Gasteiger partial charge >= 0.3 is 0 Å². The molecule has 0 atom stereocenters. The van der Waals surface area contributed by atoms with Crippen LogP contribution >= 0.6 is 23.2 Å². The first-order chi connectivity index (χ1) is 12.9. The predicted octanol–water partition coefficient (Wildman–Crippen LogP) is 4.71. The molecule has 0 aliphatic rings. The molecule has 0 fully saturated rings. The summed E-state index contributed by atoms with van der Waals surface area (Å²) < 4.78 is 19.2. The fourth-order valence-corrected chi connectivity index (χ4v) is 2.90. The van der Waals surface area contributed by atoms with E-state index in [0.29, 0.717) is 10.6 Å². The second kappa shape index (κ2) is 7.90. The molecule has 0 saturated carbocycles. The number of hydrogen-bond donors (Lipinski definition) is 1. The van der Waals surface area contributed by atoms with Gasteiger partial charge in [0.1, 0.15) is 22.8 Å². The molecule has 1 N–H and O–H groups in total. The third-order valence-corrected chi connectivity index (χ3v) is 4.43. The van der Waals surface area contributed by atoms with E-state index in [4.69, 9.17) is 27.7 Å². The highest BCUT2D eigenvalue weighted by Crippen LogP contribution is 2.33. The van der Waals surface area contributed by atoms with E-state index in [1.54, 1.807) is 24.3 Å². The number of benzene rings is 2. The number of Topliss-reactive ketones (excluding diaryl/α,β-unsaturated/α-hetero) is 1. The van der Waals surface area contributed by atoms with Crippen LogP contribution in [0.3, 0.4) is 0 Å². The van der Waals surface area contributed by atoms with Crippen LogP contribution in [0, 0.1) is 12.7 Å². The van der Waals surface area contributed by atoms with Gasteiger partial charge in [-0.05, 0) is 43.3 Å². The summed E-state index contributed by atoms with van der Waals surface area (Å²) in [7, 11) is 0. The summed E-state index contributed by atoms with van der Waals surface area (Å²) in [5.41, 5.74) is 0.363. The summed E-state index contributed by atoms with van der Waals surface area (Å²) in [6.45, 7) is 1.26. The van der Waals surface area contributed by atoms with Crippen LogP contribution in [0.2, 0.25) is 10.0 Å². The van der Waals surface area contributed by atoms with Crippen LogP contribution in [0.5, 0.6) is 0 Å². The summed E-state index contributed by atoms with van der Waals surface area (Å²) in [6, 6.07) is 10.4. The number of halogens is 3. The summed E-state index contributed by atoms with van der Waals surface area (Å²) >= 11 is 11.8. The molecule has 2 aromatic carbocycles. The Morgan fingerprint density at radius 1 is 1.15 bits per heavy atom. The van der Waals surface area contributed by atoms with Gasteiger partial charge in [-0.25, -0.2) is 4.39 Å². The van der Waals surface area contributed by atoms with Crippen molar-refractivity contribution in [1.82, 2.24) is 10.5 Å². The fourth-order valence-electron chi connectivity index (χ4n) is 2.52. The lowest BCUT2D eigenvalue weighted by Gasteiger charge is -2.07. The molecule has 138 valence electrons. The second-order valence-corrected chi connectivity index (χ2v) is 6.52. The molecule has 1 amide bonds. The van der Waals surface area contributed by atoms with Gasteiger partial charge in [0, 0.05) is 10.6 Å². The molecular formula is C19H13Cl2FN2O3. The number of hydrogen-bond acceptors (Lipinski definition) is 4. The van der Waals surface area contributed by atoms with Gasteiger partial charge in [-0.3, -0.25) is 9.59 Å². The van der Waals surface area contributed by atoms with E-state index in [9.17, 15) is 14.0 Å². The Hall–Kier alpha value is -2.70. The summed E-state index contributed by atoms with van der Waals surface area (Å²) in [6.07, 6.45) is 0. The van der Waals surface area contributed by atoms with E-state index in [1.165, 1.54) is 25.1 Å².